The molecule has 64 valence electrons. The average molecular weight is 170 g/mol. The van der Waals surface area contributed by atoms with Crippen LogP contribution in [-0.2, 0) is 6.42 Å². The Bertz CT molecular complexity index is 416. The summed E-state index contributed by atoms with van der Waals surface area (Å²) in [6.45, 7) is 0.706. The van der Waals surface area contributed by atoms with Gasteiger partial charge < -0.3 is 5.32 Å². The summed E-state index contributed by atoms with van der Waals surface area (Å²) in [6, 6.07) is 4.32. The standard InChI is InChI=1S/C11H10N2/c1-2-8-4-5-9-6-12-7-13-11(9)10(8)3-1/h1,3-6,13H,2,7H2. The summed E-state index contributed by atoms with van der Waals surface area (Å²) in [5.41, 5.74) is 5.22. The maximum absolute atomic E-state index is 4.18. The van der Waals surface area contributed by atoms with Crippen molar-refractivity contribution in [3.63, 3.8) is 0 Å². The van der Waals surface area contributed by atoms with Crippen LogP contribution in [0.1, 0.15) is 16.7 Å². The first kappa shape index (κ1) is 6.89. The van der Waals surface area contributed by atoms with Crippen molar-refractivity contribution < 1.29 is 0 Å². The first-order valence-corrected chi connectivity index (χ1v) is 4.51. The molecular weight excluding hydrogens is 160 g/mol. The van der Waals surface area contributed by atoms with E-state index in [4.69, 9.17) is 0 Å². The van der Waals surface area contributed by atoms with Gasteiger partial charge >= 0.3 is 0 Å². The zero-order valence-corrected chi connectivity index (χ0v) is 7.25. The number of nitrogens with one attached hydrogen (secondary N) is 1. The molecule has 1 heterocycles. The lowest BCUT2D eigenvalue weighted by atomic mass is 10.0. The lowest BCUT2D eigenvalue weighted by molar-refractivity contribution is 1.12. The quantitative estimate of drug-likeness (QED) is 0.633. The third kappa shape index (κ3) is 0.917. The van der Waals surface area contributed by atoms with Gasteiger partial charge in [-0.3, -0.25) is 4.99 Å². The van der Waals surface area contributed by atoms with Gasteiger partial charge in [-0.15, -0.1) is 0 Å². The number of fused-ring (bicyclic) bond motifs is 3. The van der Waals surface area contributed by atoms with Crippen LogP contribution in [0.25, 0.3) is 6.08 Å². The van der Waals surface area contributed by atoms with Crippen molar-refractivity contribution in [2.24, 2.45) is 4.99 Å². The summed E-state index contributed by atoms with van der Waals surface area (Å²) < 4.78 is 0. The topological polar surface area (TPSA) is 24.4 Å². The van der Waals surface area contributed by atoms with Gasteiger partial charge in [0, 0.05) is 17.3 Å². The number of hydrogen-bond donors (Lipinski definition) is 1. The van der Waals surface area contributed by atoms with E-state index in [2.05, 4.69) is 34.6 Å². The summed E-state index contributed by atoms with van der Waals surface area (Å²) in [5, 5.41) is 3.31. The van der Waals surface area contributed by atoms with Gasteiger partial charge in [0.1, 0.15) is 6.67 Å². The van der Waals surface area contributed by atoms with Crippen molar-refractivity contribution >= 4 is 18.0 Å². The molecule has 0 amide bonds. The molecule has 3 rings (SSSR count). The van der Waals surface area contributed by atoms with E-state index in [0.717, 1.165) is 6.42 Å². The molecule has 2 heteroatoms. The minimum absolute atomic E-state index is 0.706. The molecule has 0 aromatic heterocycles. The molecule has 0 saturated heterocycles. The molecule has 0 saturated carbocycles. The third-order valence-corrected chi connectivity index (χ3v) is 2.57. The maximum atomic E-state index is 4.18. The highest BCUT2D eigenvalue weighted by atomic mass is 15.0. The van der Waals surface area contributed by atoms with E-state index in [0.29, 0.717) is 6.67 Å². The Kier molecular flexibility index (Phi) is 1.30. The molecule has 1 aliphatic heterocycles. The molecule has 0 bridgehead atoms. The molecule has 2 aliphatic rings. The van der Waals surface area contributed by atoms with Crippen molar-refractivity contribution in [1.29, 1.82) is 0 Å². The third-order valence-electron chi connectivity index (χ3n) is 2.57. The lowest BCUT2D eigenvalue weighted by Crippen LogP contribution is -2.09. The van der Waals surface area contributed by atoms with E-state index in [-0.39, 0.29) is 0 Å². The van der Waals surface area contributed by atoms with Gasteiger partial charge in [0.25, 0.3) is 0 Å². The number of nitrogens with zero attached hydrogens (tertiary/aromatic N) is 1. The highest BCUT2D eigenvalue weighted by molar-refractivity contribution is 5.94. The molecule has 1 aliphatic carbocycles. The van der Waals surface area contributed by atoms with Crippen LogP contribution in [0.5, 0.6) is 0 Å². The van der Waals surface area contributed by atoms with Gasteiger partial charge in [-0.25, -0.2) is 0 Å². The van der Waals surface area contributed by atoms with Crippen LogP contribution >= 0.6 is 0 Å². The van der Waals surface area contributed by atoms with Crippen LogP contribution in [0.4, 0.5) is 5.69 Å². The van der Waals surface area contributed by atoms with Crippen molar-refractivity contribution in [3.05, 3.63) is 34.9 Å². The molecule has 0 fully saturated rings. The van der Waals surface area contributed by atoms with Gasteiger partial charge in [0.2, 0.25) is 0 Å². The summed E-state index contributed by atoms with van der Waals surface area (Å²) in [7, 11) is 0. The van der Waals surface area contributed by atoms with E-state index in [9.17, 15) is 0 Å². The monoisotopic (exact) mass is 170 g/mol. The minimum Gasteiger partial charge on any atom is -0.365 e. The molecule has 1 aromatic rings. The minimum atomic E-state index is 0.706. The van der Waals surface area contributed by atoms with E-state index >= 15 is 0 Å². The summed E-state index contributed by atoms with van der Waals surface area (Å²) >= 11 is 0. The van der Waals surface area contributed by atoms with E-state index in [1.54, 1.807) is 0 Å². The molecule has 1 N–H and O–H groups in total. The second-order valence-corrected chi connectivity index (χ2v) is 3.36. The molecule has 0 spiro atoms. The fraction of sp³-hybridized carbons (Fsp3) is 0.182. The van der Waals surface area contributed by atoms with Crippen molar-refractivity contribution in [3.8, 4) is 0 Å². The van der Waals surface area contributed by atoms with Gasteiger partial charge in [-0.05, 0) is 12.0 Å². The Morgan fingerprint density at radius 2 is 2.31 bits per heavy atom. The van der Waals surface area contributed by atoms with Crippen molar-refractivity contribution in [1.82, 2.24) is 0 Å². The van der Waals surface area contributed by atoms with E-state index in [1.807, 2.05) is 6.21 Å². The first-order valence-electron chi connectivity index (χ1n) is 4.51. The predicted octanol–water partition coefficient (Wildman–Crippen LogP) is 2.06. The lowest BCUT2D eigenvalue weighted by Gasteiger charge is -2.15. The number of rotatable bonds is 0. The molecule has 0 radical (unpaired) electrons. The highest BCUT2D eigenvalue weighted by Gasteiger charge is 2.14. The predicted molar refractivity (Wildman–Crippen MR) is 55.3 cm³/mol. The number of aliphatic imine (C=N–C) groups is 1. The molecular formula is C11H10N2. The zero-order valence-electron chi connectivity index (χ0n) is 7.25. The average Bonchev–Trinajstić information content (AvgIpc) is 2.65. The van der Waals surface area contributed by atoms with Crippen molar-refractivity contribution in [2.75, 3.05) is 12.0 Å². The summed E-state index contributed by atoms with van der Waals surface area (Å²) in [6.07, 6.45) is 7.42. The van der Waals surface area contributed by atoms with Crippen molar-refractivity contribution in [2.45, 2.75) is 6.42 Å². The number of benzene rings is 1. The second kappa shape index (κ2) is 2.46. The van der Waals surface area contributed by atoms with Crippen LogP contribution in [0.2, 0.25) is 0 Å². The second-order valence-electron chi connectivity index (χ2n) is 3.36. The Morgan fingerprint density at radius 1 is 1.31 bits per heavy atom. The molecule has 0 unspecified atom stereocenters. The van der Waals surface area contributed by atoms with Crippen LogP contribution in [0.3, 0.4) is 0 Å². The number of anilines is 1. The highest BCUT2D eigenvalue weighted by Crippen LogP contribution is 2.30. The van der Waals surface area contributed by atoms with E-state index in [1.165, 1.54) is 22.4 Å². The molecule has 1 aromatic carbocycles. The van der Waals surface area contributed by atoms with Crippen LogP contribution in [0.15, 0.2) is 23.2 Å². The molecule has 0 atom stereocenters. The zero-order chi connectivity index (χ0) is 8.67. The Labute approximate surface area is 77.0 Å². The Morgan fingerprint density at radius 3 is 3.31 bits per heavy atom. The smallest absolute Gasteiger partial charge is 0.107 e. The Balaban J connectivity index is 2.28. The largest absolute Gasteiger partial charge is 0.365 e. The van der Waals surface area contributed by atoms with Crippen LogP contribution in [0, 0.1) is 0 Å². The fourth-order valence-electron chi connectivity index (χ4n) is 1.93. The van der Waals surface area contributed by atoms with Crippen LogP contribution < -0.4 is 5.32 Å². The van der Waals surface area contributed by atoms with Gasteiger partial charge in [0.15, 0.2) is 0 Å². The number of allylic oxidation sites excluding steroid dienone is 1. The molecule has 13 heavy (non-hydrogen) atoms. The van der Waals surface area contributed by atoms with Gasteiger partial charge in [0.05, 0.1) is 5.69 Å². The first-order chi connectivity index (χ1) is 6.45. The molecule has 2 nitrogen and oxygen atoms in total. The maximum Gasteiger partial charge on any atom is 0.107 e. The fourth-order valence-corrected chi connectivity index (χ4v) is 1.93. The van der Waals surface area contributed by atoms with Gasteiger partial charge in [-0.2, -0.15) is 0 Å². The van der Waals surface area contributed by atoms with E-state index < -0.39 is 0 Å². The SMILES string of the molecule is C1=Cc2c(ccc3c2NCN=C3)C1. The van der Waals surface area contributed by atoms with Crippen LogP contribution in [-0.4, -0.2) is 12.9 Å². The summed E-state index contributed by atoms with van der Waals surface area (Å²) in [4.78, 5) is 4.18. The van der Waals surface area contributed by atoms with Gasteiger partial charge in [-0.1, -0.05) is 24.3 Å². The summed E-state index contributed by atoms with van der Waals surface area (Å²) in [5.74, 6) is 0. The normalized spacial score (nSPS) is 16.6. The Hall–Kier alpha value is -1.57. The number of hydrogen-bond acceptors (Lipinski definition) is 2.